The molecule has 118 valence electrons. The summed E-state index contributed by atoms with van der Waals surface area (Å²) in [5, 5.41) is 5.28. The van der Waals surface area contributed by atoms with Crippen LogP contribution in [-0.2, 0) is 0 Å². The third-order valence-electron chi connectivity index (χ3n) is 5.14. The summed E-state index contributed by atoms with van der Waals surface area (Å²) in [6.45, 7) is 0. The van der Waals surface area contributed by atoms with Gasteiger partial charge in [0.05, 0.1) is 0 Å². The second-order valence-electron chi connectivity index (χ2n) is 6.61. The first-order valence-corrected chi connectivity index (χ1v) is 8.76. The Hall–Kier alpha value is -3.12. The smallest absolute Gasteiger partial charge is 0.00134 e. The first-order chi connectivity index (χ1) is 12.4. The molecule has 0 radical (unpaired) electrons. The van der Waals surface area contributed by atoms with E-state index >= 15 is 0 Å². The summed E-state index contributed by atoms with van der Waals surface area (Å²) in [7, 11) is 0. The molecule has 0 amide bonds. The van der Waals surface area contributed by atoms with Crippen LogP contribution in [0.5, 0.6) is 0 Å². The van der Waals surface area contributed by atoms with E-state index in [1.165, 1.54) is 43.8 Å². The highest BCUT2D eigenvalue weighted by Gasteiger charge is 2.15. The van der Waals surface area contributed by atoms with Crippen LogP contribution in [0.2, 0.25) is 0 Å². The zero-order chi connectivity index (χ0) is 16.6. The lowest BCUT2D eigenvalue weighted by Gasteiger charge is -2.11. The van der Waals surface area contributed by atoms with Crippen molar-refractivity contribution in [1.82, 2.24) is 0 Å². The van der Waals surface area contributed by atoms with E-state index in [1.54, 1.807) is 0 Å². The van der Waals surface area contributed by atoms with Gasteiger partial charge in [0.2, 0.25) is 0 Å². The number of fused-ring (bicyclic) bond motifs is 2. The van der Waals surface area contributed by atoms with Gasteiger partial charge < -0.3 is 0 Å². The number of rotatable bonds is 2. The SMILES string of the molecule is C1=C(c2cccc3ccccc23)CC(c2cccc3ccccc23)=C1. The number of hydrogen-bond acceptors (Lipinski definition) is 0. The standard InChI is InChI=1S/C25H18/c1-3-11-22-18(7-1)9-5-13-24(22)20-15-16-21(17-20)25-14-6-10-19-8-2-4-12-23(19)25/h1-16H,17H2. The molecule has 4 aromatic rings. The Labute approximate surface area is 147 Å². The highest BCUT2D eigenvalue weighted by atomic mass is 14.2. The minimum absolute atomic E-state index is 0.988. The van der Waals surface area contributed by atoms with Crippen molar-refractivity contribution in [3.05, 3.63) is 108 Å². The Kier molecular flexibility index (Phi) is 3.28. The van der Waals surface area contributed by atoms with Crippen LogP contribution in [0.3, 0.4) is 0 Å². The minimum Gasteiger partial charge on any atom is -0.0616 e. The third-order valence-corrected chi connectivity index (χ3v) is 5.14. The number of benzene rings is 4. The number of hydrogen-bond donors (Lipinski definition) is 0. The highest BCUT2D eigenvalue weighted by Crippen LogP contribution is 2.38. The predicted molar refractivity (Wildman–Crippen MR) is 108 cm³/mol. The molecule has 0 nitrogen and oxygen atoms in total. The zero-order valence-electron chi connectivity index (χ0n) is 13.9. The molecule has 0 atom stereocenters. The van der Waals surface area contributed by atoms with Crippen LogP contribution >= 0.6 is 0 Å². The fourth-order valence-electron chi connectivity index (χ4n) is 3.91. The molecule has 0 bridgehead atoms. The van der Waals surface area contributed by atoms with Gasteiger partial charge in [0.25, 0.3) is 0 Å². The van der Waals surface area contributed by atoms with Crippen molar-refractivity contribution in [2.75, 3.05) is 0 Å². The molecule has 0 aromatic heterocycles. The van der Waals surface area contributed by atoms with Crippen LogP contribution < -0.4 is 0 Å². The Balaban J connectivity index is 1.55. The van der Waals surface area contributed by atoms with Crippen LogP contribution in [0.4, 0.5) is 0 Å². The van der Waals surface area contributed by atoms with E-state index in [4.69, 9.17) is 0 Å². The lowest BCUT2D eigenvalue weighted by atomic mass is 9.93. The summed E-state index contributed by atoms with van der Waals surface area (Å²) >= 11 is 0. The molecule has 4 aromatic carbocycles. The lowest BCUT2D eigenvalue weighted by molar-refractivity contribution is 1.45. The molecule has 1 aliphatic carbocycles. The van der Waals surface area contributed by atoms with Crippen molar-refractivity contribution in [2.45, 2.75) is 6.42 Å². The van der Waals surface area contributed by atoms with E-state index in [0.29, 0.717) is 0 Å². The van der Waals surface area contributed by atoms with Gasteiger partial charge >= 0.3 is 0 Å². The quantitative estimate of drug-likeness (QED) is 0.378. The van der Waals surface area contributed by atoms with Gasteiger partial charge in [0.15, 0.2) is 0 Å². The van der Waals surface area contributed by atoms with Gasteiger partial charge in [-0.25, -0.2) is 0 Å². The van der Waals surface area contributed by atoms with E-state index in [-0.39, 0.29) is 0 Å². The fraction of sp³-hybridized carbons (Fsp3) is 0.0400. The van der Waals surface area contributed by atoms with Gasteiger partial charge in [-0.1, -0.05) is 97.1 Å². The van der Waals surface area contributed by atoms with Crippen molar-refractivity contribution < 1.29 is 0 Å². The summed E-state index contributed by atoms with van der Waals surface area (Å²) in [5.41, 5.74) is 5.51. The summed E-state index contributed by atoms with van der Waals surface area (Å²) in [6, 6.07) is 30.5. The van der Waals surface area contributed by atoms with E-state index in [9.17, 15) is 0 Å². The Bertz CT molecular complexity index is 1050. The second kappa shape index (κ2) is 5.75. The predicted octanol–water partition coefficient (Wildman–Crippen LogP) is 6.86. The molecule has 1 aliphatic rings. The molecule has 5 rings (SSSR count). The molecule has 0 heterocycles. The summed E-state index contributed by atoms with van der Waals surface area (Å²) in [4.78, 5) is 0. The Morgan fingerprint density at radius 1 is 0.440 bits per heavy atom. The van der Waals surface area contributed by atoms with E-state index in [2.05, 4.69) is 97.1 Å². The number of allylic oxidation sites excluding steroid dienone is 4. The largest absolute Gasteiger partial charge is 0.0616 e. The molecule has 0 aliphatic heterocycles. The van der Waals surface area contributed by atoms with Crippen LogP contribution in [-0.4, -0.2) is 0 Å². The third kappa shape index (κ3) is 2.38. The topological polar surface area (TPSA) is 0 Å². The first-order valence-electron chi connectivity index (χ1n) is 8.76. The van der Waals surface area contributed by atoms with E-state index in [0.717, 1.165) is 6.42 Å². The average molecular weight is 318 g/mol. The van der Waals surface area contributed by atoms with Gasteiger partial charge in [-0.2, -0.15) is 0 Å². The van der Waals surface area contributed by atoms with Gasteiger partial charge in [-0.05, 0) is 50.2 Å². The van der Waals surface area contributed by atoms with Crippen molar-refractivity contribution in [3.63, 3.8) is 0 Å². The molecule has 0 fully saturated rings. The van der Waals surface area contributed by atoms with E-state index < -0.39 is 0 Å². The summed E-state index contributed by atoms with van der Waals surface area (Å²) in [6.07, 6.45) is 5.57. The van der Waals surface area contributed by atoms with Gasteiger partial charge in [0.1, 0.15) is 0 Å². The molecule has 0 spiro atoms. The fourth-order valence-corrected chi connectivity index (χ4v) is 3.91. The van der Waals surface area contributed by atoms with Gasteiger partial charge in [-0.15, -0.1) is 0 Å². The first kappa shape index (κ1) is 14.2. The zero-order valence-corrected chi connectivity index (χ0v) is 13.9. The normalized spacial score (nSPS) is 13.9. The van der Waals surface area contributed by atoms with Crippen LogP contribution in [0.15, 0.2) is 97.1 Å². The van der Waals surface area contributed by atoms with E-state index in [1.807, 2.05) is 0 Å². The molecule has 0 saturated heterocycles. The second-order valence-corrected chi connectivity index (χ2v) is 6.61. The monoisotopic (exact) mass is 318 g/mol. The van der Waals surface area contributed by atoms with Gasteiger partial charge in [-0.3, -0.25) is 0 Å². The lowest BCUT2D eigenvalue weighted by Crippen LogP contribution is -1.88. The van der Waals surface area contributed by atoms with Crippen LogP contribution in [0, 0.1) is 0 Å². The van der Waals surface area contributed by atoms with Crippen molar-refractivity contribution in [3.8, 4) is 0 Å². The Morgan fingerprint density at radius 2 is 0.880 bits per heavy atom. The minimum atomic E-state index is 0.988. The molecule has 0 saturated carbocycles. The molecule has 0 heteroatoms. The maximum atomic E-state index is 2.29. The van der Waals surface area contributed by atoms with Crippen LogP contribution in [0.25, 0.3) is 32.7 Å². The highest BCUT2D eigenvalue weighted by molar-refractivity contribution is 6.02. The van der Waals surface area contributed by atoms with Crippen molar-refractivity contribution in [2.24, 2.45) is 0 Å². The molecule has 25 heavy (non-hydrogen) atoms. The van der Waals surface area contributed by atoms with Gasteiger partial charge in [0, 0.05) is 0 Å². The molecule has 0 N–H and O–H groups in total. The van der Waals surface area contributed by atoms with Crippen molar-refractivity contribution >= 4 is 32.7 Å². The maximum absolute atomic E-state index is 2.29. The van der Waals surface area contributed by atoms with Crippen LogP contribution in [0.1, 0.15) is 17.5 Å². The van der Waals surface area contributed by atoms with Crippen molar-refractivity contribution in [1.29, 1.82) is 0 Å². The average Bonchev–Trinajstić information content (AvgIpc) is 3.17. The molecular weight excluding hydrogens is 300 g/mol. The molecule has 0 unspecified atom stereocenters. The Morgan fingerprint density at radius 3 is 1.40 bits per heavy atom. The summed E-state index contributed by atoms with van der Waals surface area (Å²) in [5.74, 6) is 0. The molecular formula is C25H18. The maximum Gasteiger partial charge on any atom is -0.00134 e. The summed E-state index contributed by atoms with van der Waals surface area (Å²) < 4.78 is 0.